The average Bonchev–Trinajstić information content (AvgIpc) is 2.27. The fourth-order valence-electron chi connectivity index (χ4n) is 2.03. The number of carbonyl (C=O) groups excluding carboxylic acids is 1. The van der Waals surface area contributed by atoms with Crippen molar-refractivity contribution < 1.29 is 9.53 Å². The Bertz CT molecular complexity index is 207. The van der Waals surface area contributed by atoms with Gasteiger partial charge in [0, 0.05) is 12.0 Å². The van der Waals surface area contributed by atoms with E-state index in [0.717, 1.165) is 12.8 Å². The van der Waals surface area contributed by atoms with Gasteiger partial charge in [-0.05, 0) is 12.8 Å². The van der Waals surface area contributed by atoms with Gasteiger partial charge in [-0.3, -0.25) is 0 Å². The van der Waals surface area contributed by atoms with Crippen molar-refractivity contribution in [3.05, 3.63) is 12.7 Å². The third-order valence-electron chi connectivity index (χ3n) is 3.05. The van der Waals surface area contributed by atoms with Crippen molar-refractivity contribution in [2.24, 2.45) is 5.41 Å². The molecule has 0 aromatic rings. The van der Waals surface area contributed by atoms with Gasteiger partial charge in [0.05, 0.1) is 7.11 Å². The SMILES string of the molecule is C=CC1(CNC(=O)OC)CCCCC1. The maximum Gasteiger partial charge on any atom is 0.406 e. The summed E-state index contributed by atoms with van der Waals surface area (Å²) in [4.78, 5) is 10.9. The Morgan fingerprint density at radius 3 is 2.64 bits per heavy atom. The van der Waals surface area contributed by atoms with Crippen molar-refractivity contribution in [3.63, 3.8) is 0 Å². The van der Waals surface area contributed by atoms with E-state index < -0.39 is 0 Å². The van der Waals surface area contributed by atoms with Crippen molar-refractivity contribution in [2.45, 2.75) is 32.1 Å². The van der Waals surface area contributed by atoms with Crippen LogP contribution in [-0.4, -0.2) is 19.7 Å². The normalized spacial score (nSPS) is 19.8. The predicted molar refractivity (Wildman–Crippen MR) is 56.1 cm³/mol. The van der Waals surface area contributed by atoms with E-state index in [1.54, 1.807) is 0 Å². The molecular weight excluding hydrogens is 178 g/mol. The summed E-state index contributed by atoms with van der Waals surface area (Å²) in [6, 6.07) is 0. The topological polar surface area (TPSA) is 38.3 Å². The monoisotopic (exact) mass is 197 g/mol. The number of nitrogens with one attached hydrogen (secondary N) is 1. The third-order valence-corrected chi connectivity index (χ3v) is 3.05. The lowest BCUT2D eigenvalue weighted by Crippen LogP contribution is -2.37. The fourth-order valence-corrected chi connectivity index (χ4v) is 2.03. The van der Waals surface area contributed by atoms with Crippen LogP contribution in [0.5, 0.6) is 0 Å². The molecule has 1 rings (SSSR count). The predicted octanol–water partition coefficient (Wildman–Crippen LogP) is 2.48. The minimum Gasteiger partial charge on any atom is -0.453 e. The zero-order valence-corrected chi connectivity index (χ0v) is 8.84. The van der Waals surface area contributed by atoms with E-state index in [9.17, 15) is 4.79 Å². The summed E-state index contributed by atoms with van der Waals surface area (Å²) >= 11 is 0. The summed E-state index contributed by atoms with van der Waals surface area (Å²) in [6.45, 7) is 4.52. The van der Waals surface area contributed by atoms with Crippen molar-refractivity contribution in [2.75, 3.05) is 13.7 Å². The first-order valence-electron chi connectivity index (χ1n) is 5.18. The minimum atomic E-state index is -0.350. The zero-order chi connectivity index (χ0) is 10.4. The van der Waals surface area contributed by atoms with Crippen molar-refractivity contribution in [1.82, 2.24) is 5.32 Å². The van der Waals surface area contributed by atoms with Gasteiger partial charge in [0.1, 0.15) is 0 Å². The molecule has 14 heavy (non-hydrogen) atoms. The van der Waals surface area contributed by atoms with Crippen LogP contribution in [0.1, 0.15) is 32.1 Å². The highest BCUT2D eigenvalue weighted by atomic mass is 16.5. The molecule has 1 N–H and O–H groups in total. The molecule has 1 aliphatic rings. The summed E-state index contributed by atoms with van der Waals surface area (Å²) in [5, 5.41) is 2.76. The molecule has 0 spiro atoms. The van der Waals surface area contributed by atoms with E-state index in [-0.39, 0.29) is 11.5 Å². The van der Waals surface area contributed by atoms with E-state index in [1.807, 2.05) is 6.08 Å². The van der Waals surface area contributed by atoms with Crippen LogP contribution in [0.3, 0.4) is 0 Å². The van der Waals surface area contributed by atoms with Gasteiger partial charge in [0.25, 0.3) is 0 Å². The van der Waals surface area contributed by atoms with Gasteiger partial charge in [0.2, 0.25) is 0 Å². The smallest absolute Gasteiger partial charge is 0.406 e. The molecule has 80 valence electrons. The van der Waals surface area contributed by atoms with Crippen molar-refractivity contribution in [3.8, 4) is 0 Å². The highest BCUT2D eigenvalue weighted by Gasteiger charge is 2.29. The summed E-state index contributed by atoms with van der Waals surface area (Å²) < 4.78 is 4.55. The van der Waals surface area contributed by atoms with Gasteiger partial charge in [-0.2, -0.15) is 0 Å². The van der Waals surface area contributed by atoms with Crippen LogP contribution in [0.25, 0.3) is 0 Å². The fraction of sp³-hybridized carbons (Fsp3) is 0.727. The molecule has 0 aliphatic heterocycles. The Labute approximate surface area is 85.5 Å². The summed E-state index contributed by atoms with van der Waals surface area (Å²) in [5.41, 5.74) is 0.104. The van der Waals surface area contributed by atoms with Gasteiger partial charge in [-0.15, -0.1) is 6.58 Å². The molecule has 0 aromatic heterocycles. The molecule has 1 fully saturated rings. The van der Waals surface area contributed by atoms with Crippen LogP contribution < -0.4 is 5.32 Å². The maximum absolute atomic E-state index is 10.9. The number of hydrogen-bond donors (Lipinski definition) is 1. The average molecular weight is 197 g/mol. The number of alkyl carbamates (subject to hydrolysis) is 1. The number of ether oxygens (including phenoxy) is 1. The molecule has 1 amide bonds. The number of amides is 1. The van der Waals surface area contributed by atoms with Gasteiger partial charge in [-0.25, -0.2) is 4.79 Å². The van der Waals surface area contributed by atoms with Crippen molar-refractivity contribution >= 4 is 6.09 Å². The molecule has 3 heteroatoms. The Balaban J connectivity index is 2.43. The Morgan fingerprint density at radius 1 is 1.50 bits per heavy atom. The molecule has 0 bridgehead atoms. The number of methoxy groups -OCH3 is 1. The quantitative estimate of drug-likeness (QED) is 0.706. The van der Waals surface area contributed by atoms with Crippen LogP contribution in [-0.2, 0) is 4.74 Å². The molecule has 0 aromatic carbocycles. The van der Waals surface area contributed by atoms with Gasteiger partial charge in [-0.1, -0.05) is 25.3 Å². The zero-order valence-electron chi connectivity index (χ0n) is 8.84. The lowest BCUT2D eigenvalue weighted by atomic mass is 9.74. The second-order valence-electron chi connectivity index (χ2n) is 3.97. The summed E-state index contributed by atoms with van der Waals surface area (Å²) in [7, 11) is 1.39. The molecule has 1 aliphatic carbocycles. The van der Waals surface area contributed by atoms with Gasteiger partial charge >= 0.3 is 6.09 Å². The second kappa shape index (κ2) is 5.03. The van der Waals surface area contributed by atoms with E-state index >= 15 is 0 Å². The second-order valence-corrected chi connectivity index (χ2v) is 3.97. The molecule has 0 saturated heterocycles. The first kappa shape index (κ1) is 11.1. The molecule has 0 radical (unpaired) electrons. The van der Waals surface area contributed by atoms with Crippen LogP contribution in [0.4, 0.5) is 4.79 Å². The molecular formula is C11H19NO2. The van der Waals surface area contributed by atoms with E-state index in [2.05, 4.69) is 16.6 Å². The third kappa shape index (κ3) is 2.76. The molecule has 3 nitrogen and oxygen atoms in total. The van der Waals surface area contributed by atoms with E-state index in [0.29, 0.717) is 6.54 Å². The van der Waals surface area contributed by atoms with Crippen LogP contribution in [0, 0.1) is 5.41 Å². The number of rotatable bonds is 3. The Hall–Kier alpha value is -0.990. The highest BCUT2D eigenvalue weighted by Crippen LogP contribution is 2.36. The molecule has 0 heterocycles. The van der Waals surface area contributed by atoms with Crippen LogP contribution in [0.2, 0.25) is 0 Å². The summed E-state index contributed by atoms with van der Waals surface area (Å²) in [5.74, 6) is 0. The van der Waals surface area contributed by atoms with Gasteiger partial charge in [0.15, 0.2) is 0 Å². The number of carbonyl (C=O) groups is 1. The van der Waals surface area contributed by atoms with Crippen LogP contribution in [0.15, 0.2) is 12.7 Å². The van der Waals surface area contributed by atoms with Gasteiger partial charge < -0.3 is 10.1 Å². The highest BCUT2D eigenvalue weighted by molar-refractivity contribution is 5.66. The molecule has 0 unspecified atom stereocenters. The molecule has 0 atom stereocenters. The Kier molecular flexibility index (Phi) is 3.98. The largest absolute Gasteiger partial charge is 0.453 e. The lowest BCUT2D eigenvalue weighted by molar-refractivity contribution is 0.161. The number of hydrogen-bond acceptors (Lipinski definition) is 2. The standard InChI is InChI=1S/C11H19NO2/c1-3-11(7-5-4-6-8-11)9-12-10(13)14-2/h3H,1,4-9H2,2H3,(H,12,13). The van der Waals surface area contributed by atoms with Crippen LogP contribution >= 0.6 is 0 Å². The maximum atomic E-state index is 10.9. The lowest BCUT2D eigenvalue weighted by Gasteiger charge is -2.34. The molecule has 1 saturated carbocycles. The Morgan fingerprint density at radius 2 is 2.14 bits per heavy atom. The van der Waals surface area contributed by atoms with E-state index in [1.165, 1.54) is 26.4 Å². The first-order valence-corrected chi connectivity index (χ1v) is 5.18. The first-order chi connectivity index (χ1) is 6.72. The van der Waals surface area contributed by atoms with Crippen molar-refractivity contribution in [1.29, 1.82) is 0 Å². The minimum absolute atomic E-state index is 0.104. The van der Waals surface area contributed by atoms with E-state index in [4.69, 9.17) is 0 Å². The summed E-state index contributed by atoms with van der Waals surface area (Å²) in [6.07, 6.45) is 7.65.